The molecule has 0 fully saturated rings. The number of benzene rings is 3. The maximum absolute atomic E-state index is 12.7. The third kappa shape index (κ3) is 3.29. The fourth-order valence-electron chi connectivity index (χ4n) is 3.69. The largest absolute Gasteiger partial charge is 0.323 e. The average molecular weight is 412 g/mol. The van der Waals surface area contributed by atoms with Crippen molar-refractivity contribution in [2.24, 2.45) is 0 Å². The molecule has 3 N–H and O–H groups in total. The number of hydrogen-bond acceptors (Lipinski definition) is 4. The van der Waals surface area contributed by atoms with Crippen LogP contribution in [-0.4, -0.2) is 32.6 Å². The zero-order chi connectivity index (χ0) is 21.5. The van der Waals surface area contributed by atoms with Gasteiger partial charge in [-0.3, -0.25) is 19.3 Å². The highest BCUT2D eigenvalue weighted by atomic mass is 16.2. The zero-order valence-electron chi connectivity index (χ0n) is 16.1. The fraction of sp³-hybridized carbons (Fsp3) is 0.0435. The Morgan fingerprint density at radius 3 is 2.26 bits per heavy atom. The summed E-state index contributed by atoms with van der Waals surface area (Å²) in [6, 6.07) is 18.5. The number of amides is 3. The Bertz CT molecular complexity index is 1400. The van der Waals surface area contributed by atoms with Crippen LogP contribution in [0.25, 0.3) is 11.0 Å². The van der Waals surface area contributed by atoms with E-state index in [2.05, 4.69) is 15.3 Å². The molecule has 0 atom stereocenters. The number of fused-ring (bicyclic) bond motifs is 2. The van der Waals surface area contributed by atoms with Gasteiger partial charge in [-0.1, -0.05) is 24.3 Å². The summed E-state index contributed by atoms with van der Waals surface area (Å²) in [5.74, 6) is -1.03. The fourth-order valence-corrected chi connectivity index (χ4v) is 3.69. The number of nitrogens with one attached hydrogen (secondary N) is 3. The molecule has 0 aliphatic carbocycles. The Balaban J connectivity index is 1.35. The van der Waals surface area contributed by atoms with Crippen molar-refractivity contribution in [2.75, 3.05) is 5.32 Å². The molecule has 0 unspecified atom stereocenters. The lowest BCUT2D eigenvalue weighted by molar-refractivity contribution is 0.0642. The number of rotatable bonds is 4. The summed E-state index contributed by atoms with van der Waals surface area (Å²) >= 11 is 0. The van der Waals surface area contributed by atoms with Crippen LogP contribution in [0.1, 0.15) is 36.6 Å². The third-order valence-corrected chi connectivity index (χ3v) is 5.18. The number of anilines is 1. The maximum atomic E-state index is 12.7. The molecule has 152 valence electrons. The number of H-pyrrole nitrogens is 2. The SMILES string of the molecule is O=C(Nc1ccc2[nH]c(=O)[nH]c2c1)c1cccc(CN2C(=O)c3ccccc3C2=O)c1. The van der Waals surface area contributed by atoms with Gasteiger partial charge >= 0.3 is 5.69 Å². The van der Waals surface area contributed by atoms with E-state index in [0.29, 0.717) is 39.0 Å². The van der Waals surface area contributed by atoms with E-state index in [1.807, 2.05) is 0 Å². The van der Waals surface area contributed by atoms with Crippen LogP contribution in [0.5, 0.6) is 0 Å². The molecular weight excluding hydrogens is 396 g/mol. The Hall–Kier alpha value is -4.46. The van der Waals surface area contributed by atoms with Crippen molar-refractivity contribution < 1.29 is 14.4 Å². The van der Waals surface area contributed by atoms with E-state index in [4.69, 9.17) is 0 Å². The Kier molecular flexibility index (Phi) is 4.25. The standard InChI is InChI=1S/C23H16N4O4/c28-20(24-15-8-9-18-19(11-15)26-23(31)25-18)14-5-3-4-13(10-14)12-27-21(29)16-6-1-2-7-17(16)22(27)30/h1-11H,12H2,(H,24,28)(H2,25,26,31). The lowest BCUT2D eigenvalue weighted by atomic mass is 10.1. The van der Waals surface area contributed by atoms with Crippen molar-refractivity contribution in [3.05, 3.63) is 99.5 Å². The van der Waals surface area contributed by atoms with Crippen molar-refractivity contribution in [2.45, 2.75) is 6.54 Å². The molecule has 0 bridgehead atoms. The Morgan fingerprint density at radius 1 is 0.806 bits per heavy atom. The van der Waals surface area contributed by atoms with Gasteiger partial charge in [0.2, 0.25) is 0 Å². The van der Waals surface area contributed by atoms with Gasteiger partial charge in [-0.25, -0.2) is 4.79 Å². The Labute approximate surface area is 175 Å². The molecule has 4 aromatic rings. The second kappa shape index (κ2) is 7.10. The minimum absolute atomic E-state index is 0.0734. The predicted octanol–water partition coefficient (Wildman–Crippen LogP) is 2.90. The monoisotopic (exact) mass is 412 g/mol. The van der Waals surface area contributed by atoms with Gasteiger partial charge in [0.1, 0.15) is 0 Å². The summed E-state index contributed by atoms with van der Waals surface area (Å²) in [5.41, 5.74) is 3.26. The lowest BCUT2D eigenvalue weighted by Gasteiger charge is -2.14. The van der Waals surface area contributed by atoms with Crippen LogP contribution in [-0.2, 0) is 6.54 Å². The molecule has 0 radical (unpaired) electrons. The van der Waals surface area contributed by atoms with Crippen molar-refractivity contribution in [1.29, 1.82) is 0 Å². The molecule has 3 aromatic carbocycles. The maximum Gasteiger partial charge on any atom is 0.323 e. The number of aromatic nitrogens is 2. The number of imidazole rings is 1. The molecule has 1 aliphatic rings. The van der Waals surface area contributed by atoms with Gasteiger partial charge in [-0.05, 0) is 48.0 Å². The summed E-state index contributed by atoms with van der Waals surface area (Å²) in [6.07, 6.45) is 0. The normalized spacial score (nSPS) is 13.0. The number of hydrogen-bond donors (Lipinski definition) is 3. The van der Waals surface area contributed by atoms with Crippen molar-refractivity contribution >= 4 is 34.4 Å². The topological polar surface area (TPSA) is 115 Å². The van der Waals surface area contributed by atoms with Gasteiger partial charge in [-0.15, -0.1) is 0 Å². The van der Waals surface area contributed by atoms with E-state index >= 15 is 0 Å². The summed E-state index contributed by atoms with van der Waals surface area (Å²) in [7, 11) is 0. The van der Waals surface area contributed by atoms with Gasteiger partial charge < -0.3 is 15.3 Å². The lowest BCUT2D eigenvalue weighted by Crippen LogP contribution is -2.29. The number of nitrogens with zero attached hydrogens (tertiary/aromatic N) is 1. The molecule has 8 heteroatoms. The van der Waals surface area contributed by atoms with Gasteiger partial charge in [0.25, 0.3) is 17.7 Å². The van der Waals surface area contributed by atoms with E-state index in [1.54, 1.807) is 66.7 Å². The van der Waals surface area contributed by atoms with Gasteiger partial charge in [0, 0.05) is 11.3 Å². The minimum Gasteiger partial charge on any atom is -0.322 e. The summed E-state index contributed by atoms with van der Waals surface area (Å²) in [6.45, 7) is 0.0734. The molecule has 0 saturated carbocycles. The van der Waals surface area contributed by atoms with Crippen LogP contribution < -0.4 is 11.0 Å². The number of imide groups is 1. The molecule has 5 rings (SSSR count). The first-order chi connectivity index (χ1) is 15.0. The van der Waals surface area contributed by atoms with Crippen LogP contribution in [0.4, 0.5) is 5.69 Å². The van der Waals surface area contributed by atoms with Crippen molar-refractivity contribution in [3.63, 3.8) is 0 Å². The first-order valence-electron chi connectivity index (χ1n) is 9.57. The second-order valence-corrected chi connectivity index (χ2v) is 7.24. The zero-order valence-corrected chi connectivity index (χ0v) is 16.1. The van der Waals surface area contributed by atoms with Crippen LogP contribution >= 0.6 is 0 Å². The van der Waals surface area contributed by atoms with Crippen LogP contribution in [0.15, 0.2) is 71.5 Å². The smallest absolute Gasteiger partial charge is 0.322 e. The third-order valence-electron chi connectivity index (χ3n) is 5.18. The van der Waals surface area contributed by atoms with Crippen molar-refractivity contribution in [3.8, 4) is 0 Å². The molecule has 31 heavy (non-hydrogen) atoms. The highest BCUT2D eigenvalue weighted by molar-refractivity contribution is 6.21. The molecule has 0 spiro atoms. The number of carbonyl (C=O) groups is 3. The van der Waals surface area contributed by atoms with Crippen LogP contribution in [0.3, 0.4) is 0 Å². The molecule has 2 heterocycles. The molecule has 0 saturated heterocycles. The number of carbonyl (C=O) groups excluding carboxylic acids is 3. The first-order valence-corrected chi connectivity index (χ1v) is 9.57. The minimum atomic E-state index is -0.346. The number of aromatic amines is 2. The van der Waals surface area contributed by atoms with Gasteiger partial charge in [0.15, 0.2) is 0 Å². The van der Waals surface area contributed by atoms with E-state index in [1.165, 1.54) is 4.90 Å². The molecule has 8 nitrogen and oxygen atoms in total. The van der Waals surface area contributed by atoms with E-state index in [-0.39, 0.29) is 30.0 Å². The highest BCUT2D eigenvalue weighted by Crippen LogP contribution is 2.24. The highest BCUT2D eigenvalue weighted by Gasteiger charge is 2.34. The van der Waals surface area contributed by atoms with Crippen LogP contribution in [0.2, 0.25) is 0 Å². The summed E-state index contributed by atoms with van der Waals surface area (Å²) < 4.78 is 0. The predicted molar refractivity (Wildman–Crippen MR) is 114 cm³/mol. The quantitative estimate of drug-likeness (QED) is 0.447. The molecular formula is C23H16N4O4. The van der Waals surface area contributed by atoms with E-state index < -0.39 is 0 Å². The summed E-state index contributed by atoms with van der Waals surface area (Å²) in [4.78, 5) is 55.7. The van der Waals surface area contributed by atoms with E-state index in [9.17, 15) is 19.2 Å². The Morgan fingerprint density at radius 2 is 1.52 bits per heavy atom. The molecule has 1 aromatic heterocycles. The second-order valence-electron chi connectivity index (χ2n) is 7.24. The van der Waals surface area contributed by atoms with E-state index in [0.717, 1.165) is 0 Å². The molecule has 1 aliphatic heterocycles. The van der Waals surface area contributed by atoms with Gasteiger partial charge in [0.05, 0.1) is 28.7 Å². The first kappa shape index (κ1) is 18.6. The molecule has 3 amide bonds. The average Bonchev–Trinajstić information content (AvgIpc) is 3.26. The summed E-state index contributed by atoms with van der Waals surface area (Å²) in [5, 5.41) is 2.79. The van der Waals surface area contributed by atoms with Crippen molar-refractivity contribution in [1.82, 2.24) is 14.9 Å². The van der Waals surface area contributed by atoms with Crippen LogP contribution in [0, 0.1) is 0 Å². The van der Waals surface area contributed by atoms with Gasteiger partial charge in [-0.2, -0.15) is 0 Å².